The van der Waals surface area contributed by atoms with Crippen LogP contribution in [0.1, 0.15) is 46.2 Å². The molecule has 0 aliphatic carbocycles. The third-order valence-electron chi connectivity index (χ3n) is 5.47. The minimum absolute atomic E-state index is 0.309. The number of thiophene rings is 1. The number of phenols is 1. The minimum Gasteiger partial charge on any atom is -0.507 e. The fraction of sp³-hybridized carbons (Fsp3) is 0.269. The monoisotopic (exact) mass is 435 g/mol. The highest BCUT2D eigenvalue weighted by molar-refractivity contribution is 7.10. The van der Waals surface area contributed by atoms with E-state index < -0.39 is 18.1 Å². The number of aromatic hydroxyl groups is 1. The van der Waals surface area contributed by atoms with E-state index in [0.717, 1.165) is 32.8 Å². The van der Waals surface area contributed by atoms with Crippen LogP contribution in [0.2, 0.25) is 0 Å². The highest BCUT2D eigenvalue weighted by atomic mass is 32.1. The lowest BCUT2D eigenvalue weighted by molar-refractivity contribution is 0.0343. The number of aliphatic hydroxyl groups is 2. The number of aliphatic hydroxyl groups excluding tert-OH is 2. The molecule has 0 bridgehead atoms. The number of hydrogen-bond donors (Lipinski definition) is 3. The van der Waals surface area contributed by atoms with E-state index >= 15 is 0 Å². The lowest BCUT2D eigenvalue weighted by atomic mass is 9.89. The third-order valence-corrected chi connectivity index (χ3v) is 6.42. The zero-order chi connectivity index (χ0) is 22.4. The molecule has 162 valence electrons. The molecule has 31 heavy (non-hydrogen) atoms. The smallest absolute Gasteiger partial charge is 0.121 e. The Morgan fingerprint density at radius 2 is 1.87 bits per heavy atom. The molecule has 0 amide bonds. The van der Waals surface area contributed by atoms with E-state index in [1.54, 1.807) is 12.3 Å². The van der Waals surface area contributed by atoms with Crippen LogP contribution in [0.25, 0.3) is 11.6 Å². The number of nitrogens with zero attached hydrogens (tertiary/aromatic N) is 1. The normalized spacial score (nSPS) is 14.8. The van der Waals surface area contributed by atoms with Crippen molar-refractivity contribution in [3.8, 4) is 5.75 Å². The van der Waals surface area contributed by atoms with Gasteiger partial charge in [-0.3, -0.25) is 4.98 Å². The van der Waals surface area contributed by atoms with Crippen LogP contribution in [0.4, 0.5) is 0 Å². The van der Waals surface area contributed by atoms with E-state index in [1.165, 1.54) is 11.3 Å². The van der Waals surface area contributed by atoms with Gasteiger partial charge in [0.05, 0.1) is 17.9 Å². The maximum absolute atomic E-state index is 10.9. The Hall–Kier alpha value is -2.73. The highest BCUT2D eigenvalue weighted by Gasteiger charge is 2.26. The fourth-order valence-corrected chi connectivity index (χ4v) is 4.51. The molecule has 0 fully saturated rings. The first-order valence-corrected chi connectivity index (χ1v) is 11.2. The van der Waals surface area contributed by atoms with E-state index in [4.69, 9.17) is 0 Å². The van der Waals surface area contributed by atoms with Gasteiger partial charge >= 0.3 is 0 Å². The molecule has 0 saturated heterocycles. The molecule has 3 aromatic rings. The van der Waals surface area contributed by atoms with Gasteiger partial charge in [-0.1, -0.05) is 18.2 Å². The molecule has 0 saturated carbocycles. The van der Waals surface area contributed by atoms with Crippen LogP contribution in [-0.2, 0) is 0 Å². The van der Waals surface area contributed by atoms with Crippen molar-refractivity contribution in [3.63, 3.8) is 0 Å². The van der Waals surface area contributed by atoms with Crippen molar-refractivity contribution >= 4 is 23.0 Å². The van der Waals surface area contributed by atoms with Gasteiger partial charge in [0.2, 0.25) is 0 Å². The molecular formula is C26H29NO3S. The van der Waals surface area contributed by atoms with Gasteiger partial charge in [-0.15, -0.1) is 17.9 Å². The Bertz CT molecular complexity index is 1010. The summed E-state index contributed by atoms with van der Waals surface area (Å²) in [5.41, 5.74) is 4.43. The standard InChI is InChI=1S/C26H29NO3S/c1-4-21(26(30)24-9-7-13-31-24)23(28)11-10-20(22-8-5-6-12-27-22)16-19-14-17(2)25(29)18(3)15-19/h4-9,12-16,21,23,26,28-30H,1,10-11H2,2-3H3/b20-16-/t21-,23-,26+/m1/s1. The molecule has 0 unspecified atom stereocenters. The third kappa shape index (κ3) is 5.70. The maximum Gasteiger partial charge on any atom is 0.121 e. The summed E-state index contributed by atoms with van der Waals surface area (Å²) in [6.07, 6.45) is 4.94. The topological polar surface area (TPSA) is 73.6 Å². The molecule has 4 nitrogen and oxygen atoms in total. The molecule has 0 aliphatic rings. The van der Waals surface area contributed by atoms with Crippen LogP contribution in [0.15, 0.2) is 66.7 Å². The lowest BCUT2D eigenvalue weighted by Crippen LogP contribution is -2.24. The first-order valence-electron chi connectivity index (χ1n) is 10.3. The molecule has 3 rings (SSSR count). The average molecular weight is 436 g/mol. The van der Waals surface area contributed by atoms with E-state index in [9.17, 15) is 15.3 Å². The first kappa shape index (κ1) is 22.9. The number of rotatable bonds is 9. The summed E-state index contributed by atoms with van der Waals surface area (Å²) in [4.78, 5) is 5.31. The van der Waals surface area contributed by atoms with Crippen LogP contribution in [0.5, 0.6) is 5.75 Å². The van der Waals surface area contributed by atoms with Gasteiger partial charge in [0.15, 0.2) is 0 Å². The summed E-state index contributed by atoms with van der Waals surface area (Å²) in [7, 11) is 0. The fourth-order valence-electron chi connectivity index (χ4n) is 3.74. The number of phenolic OH excluding ortho intramolecular Hbond substituents is 1. The van der Waals surface area contributed by atoms with E-state index in [2.05, 4.69) is 11.6 Å². The minimum atomic E-state index is -0.780. The molecule has 3 atom stereocenters. The molecule has 5 heteroatoms. The van der Waals surface area contributed by atoms with Gasteiger partial charge in [-0.25, -0.2) is 0 Å². The van der Waals surface area contributed by atoms with Gasteiger partial charge < -0.3 is 15.3 Å². The van der Waals surface area contributed by atoms with Crippen LogP contribution in [-0.4, -0.2) is 26.4 Å². The zero-order valence-electron chi connectivity index (χ0n) is 17.9. The zero-order valence-corrected chi connectivity index (χ0v) is 18.7. The Kier molecular flexibility index (Phi) is 7.80. The van der Waals surface area contributed by atoms with Crippen molar-refractivity contribution in [3.05, 3.63) is 94.0 Å². The van der Waals surface area contributed by atoms with Crippen LogP contribution in [0.3, 0.4) is 0 Å². The Labute approximate surface area is 187 Å². The van der Waals surface area contributed by atoms with Gasteiger partial charge in [0.1, 0.15) is 5.75 Å². The molecule has 0 radical (unpaired) electrons. The lowest BCUT2D eigenvalue weighted by Gasteiger charge is -2.24. The number of hydrogen-bond acceptors (Lipinski definition) is 5. The largest absolute Gasteiger partial charge is 0.507 e. The summed E-state index contributed by atoms with van der Waals surface area (Å²) in [5, 5.41) is 33.5. The van der Waals surface area contributed by atoms with Gasteiger partial charge in [-0.2, -0.15) is 0 Å². The van der Waals surface area contributed by atoms with Crippen molar-refractivity contribution in [1.29, 1.82) is 0 Å². The SMILES string of the molecule is C=C[C@H]([C@H](O)CC/C(=C/c1cc(C)c(O)c(C)c1)c1ccccn1)[C@H](O)c1cccs1. The molecule has 0 spiro atoms. The Morgan fingerprint density at radius 3 is 2.45 bits per heavy atom. The first-order chi connectivity index (χ1) is 14.9. The average Bonchev–Trinajstić information content (AvgIpc) is 3.31. The quantitative estimate of drug-likeness (QED) is 0.378. The van der Waals surface area contributed by atoms with Crippen molar-refractivity contribution < 1.29 is 15.3 Å². The van der Waals surface area contributed by atoms with Gasteiger partial charge in [-0.05, 0) is 90.7 Å². The van der Waals surface area contributed by atoms with Crippen molar-refractivity contribution in [2.45, 2.75) is 38.9 Å². The van der Waals surface area contributed by atoms with E-state index in [1.807, 2.05) is 67.8 Å². The number of allylic oxidation sites excluding steroid dienone is 1. The Balaban J connectivity index is 1.83. The second kappa shape index (κ2) is 10.5. The summed E-state index contributed by atoms with van der Waals surface area (Å²) in [6.45, 7) is 7.59. The molecule has 1 aromatic carbocycles. The molecule has 3 N–H and O–H groups in total. The van der Waals surface area contributed by atoms with Crippen LogP contribution >= 0.6 is 11.3 Å². The second-order valence-electron chi connectivity index (χ2n) is 7.77. The molecule has 2 heterocycles. The molecule has 0 aliphatic heterocycles. The maximum atomic E-state index is 10.9. The number of aromatic nitrogens is 1. The van der Waals surface area contributed by atoms with Crippen LogP contribution in [0, 0.1) is 19.8 Å². The van der Waals surface area contributed by atoms with E-state index in [0.29, 0.717) is 18.6 Å². The summed E-state index contributed by atoms with van der Waals surface area (Å²) in [6, 6.07) is 13.4. The number of aryl methyl sites for hydroxylation is 2. The molecular weight excluding hydrogens is 406 g/mol. The summed E-state index contributed by atoms with van der Waals surface area (Å²) < 4.78 is 0. The van der Waals surface area contributed by atoms with Crippen molar-refractivity contribution in [2.24, 2.45) is 5.92 Å². The number of pyridine rings is 1. The van der Waals surface area contributed by atoms with Crippen LogP contribution < -0.4 is 0 Å². The molecule has 2 aromatic heterocycles. The predicted octanol–water partition coefficient (Wildman–Crippen LogP) is 5.68. The highest BCUT2D eigenvalue weighted by Crippen LogP contribution is 2.33. The summed E-state index contributed by atoms with van der Waals surface area (Å²) >= 11 is 1.47. The second-order valence-corrected chi connectivity index (χ2v) is 8.75. The van der Waals surface area contributed by atoms with E-state index in [-0.39, 0.29) is 0 Å². The Morgan fingerprint density at radius 1 is 1.13 bits per heavy atom. The van der Waals surface area contributed by atoms with Crippen molar-refractivity contribution in [1.82, 2.24) is 4.98 Å². The predicted molar refractivity (Wildman–Crippen MR) is 128 cm³/mol. The van der Waals surface area contributed by atoms with Gasteiger partial charge in [0.25, 0.3) is 0 Å². The summed E-state index contributed by atoms with van der Waals surface area (Å²) in [5.74, 6) is -0.148. The van der Waals surface area contributed by atoms with Crippen molar-refractivity contribution in [2.75, 3.05) is 0 Å². The number of benzene rings is 1. The van der Waals surface area contributed by atoms with Gasteiger partial charge in [0, 0.05) is 17.0 Å².